The average molecular weight is 266 g/mol. The van der Waals surface area contributed by atoms with Crippen molar-refractivity contribution in [1.82, 2.24) is 4.90 Å². The van der Waals surface area contributed by atoms with E-state index in [1.54, 1.807) is 12.1 Å². The first-order valence-electron chi connectivity index (χ1n) is 5.98. The van der Waals surface area contributed by atoms with Crippen LogP contribution in [-0.2, 0) is 16.1 Å². The number of hydrogen-bond acceptors (Lipinski definition) is 3. The van der Waals surface area contributed by atoms with Crippen LogP contribution in [0.4, 0.5) is 9.18 Å². The van der Waals surface area contributed by atoms with Crippen LogP contribution in [0.3, 0.4) is 0 Å². The fourth-order valence-corrected chi connectivity index (χ4v) is 2.06. The Morgan fingerprint density at radius 1 is 1.37 bits per heavy atom. The highest BCUT2D eigenvalue weighted by atomic mass is 19.1. The molecule has 0 spiro atoms. The quantitative estimate of drug-likeness (QED) is 0.894. The van der Waals surface area contributed by atoms with Crippen LogP contribution in [-0.4, -0.2) is 35.7 Å². The number of ether oxygens (including phenoxy) is 1. The Hall–Kier alpha value is -2.11. The van der Waals surface area contributed by atoms with Crippen molar-refractivity contribution in [2.75, 3.05) is 6.54 Å². The first kappa shape index (κ1) is 13.3. The molecule has 2 atom stereocenters. The molecule has 1 aliphatic rings. The lowest BCUT2D eigenvalue weighted by Gasteiger charge is -2.21. The third kappa shape index (κ3) is 3.21. The number of halogens is 1. The van der Waals surface area contributed by atoms with Gasteiger partial charge in [0.05, 0.1) is 6.54 Å². The van der Waals surface area contributed by atoms with Gasteiger partial charge in [-0.25, -0.2) is 9.18 Å². The normalized spacial score (nSPS) is 22.3. The predicted molar refractivity (Wildman–Crippen MR) is 65.8 cm³/mol. The molecule has 102 valence electrons. The number of primary amides is 1. The second-order valence-electron chi connectivity index (χ2n) is 4.44. The molecule has 0 saturated carbocycles. The molecule has 1 aromatic rings. The fourth-order valence-electron chi connectivity index (χ4n) is 2.06. The van der Waals surface area contributed by atoms with Crippen LogP contribution in [0.1, 0.15) is 12.0 Å². The number of hydrogen-bond donors (Lipinski definition) is 1. The highest BCUT2D eigenvalue weighted by Gasteiger charge is 2.39. The molecule has 2 amide bonds. The fraction of sp³-hybridized carbons (Fsp3) is 0.385. The van der Waals surface area contributed by atoms with Gasteiger partial charge >= 0.3 is 6.09 Å². The van der Waals surface area contributed by atoms with Crippen molar-refractivity contribution >= 4 is 12.0 Å². The molecular weight excluding hydrogens is 251 g/mol. The Morgan fingerprint density at radius 3 is 2.68 bits per heavy atom. The second-order valence-corrected chi connectivity index (χ2v) is 4.44. The van der Waals surface area contributed by atoms with E-state index in [9.17, 15) is 14.0 Å². The number of amides is 2. The first-order chi connectivity index (χ1) is 9.08. The summed E-state index contributed by atoms with van der Waals surface area (Å²) in [5.41, 5.74) is 5.96. The lowest BCUT2D eigenvalue weighted by Crippen LogP contribution is -2.43. The Labute approximate surface area is 110 Å². The highest BCUT2D eigenvalue weighted by molar-refractivity contribution is 5.85. The van der Waals surface area contributed by atoms with E-state index in [4.69, 9.17) is 10.5 Å². The zero-order valence-corrected chi connectivity index (χ0v) is 10.3. The Morgan fingerprint density at radius 2 is 2.05 bits per heavy atom. The summed E-state index contributed by atoms with van der Waals surface area (Å²) >= 11 is 0. The van der Waals surface area contributed by atoms with Gasteiger partial charge in [-0.15, -0.1) is 0 Å². The van der Waals surface area contributed by atoms with Crippen LogP contribution in [0, 0.1) is 0 Å². The van der Waals surface area contributed by atoms with Crippen LogP contribution < -0.4 is 5.73 Å². The number of alkyl halides is 1. The first-order valence-corrected chi connectivity index (χ1v) is 5.98. The smallest absolute Gasteiger partial charge is 0.410 e. The summed E-state index contributed by atoms with van der Waals surface area (Å²) in [6.45, 7) is -0.0696. The second kappa shape index (κ2) is 5.69. The minimum absolute atomic E-state index is 0.0598. The van der Waals surface area contributed by atoms with Crippen molar-refractivity contribution in [2.45, 2.75) is 25.2 Å². The van der Waals surface area contributed by atoms with Crippen molar-refractivity contribution < 1.29 is 18.7 Å². The van der Waals surface area contributed by atoms with Crippen molar-refractivity contribution in [3.8, 4) is 0 Å². The Bertz CT molecular complexity index is 466. The summed E-state index contributed by atoms with van der Waals surface area (Å²) in [7, 11) is 0. The van der Waals surface area contributed by atoms with Crippen molar-refractivity contribution in [3.63, 3.8) is 0 Å². The summed E-state index contributed by atoms with van der Waals surface area (Å²) in [5, 5.41) is 0. The summed E-state index contributed by atoms with van der Waals surface area (Å²) < 4.78 is 18.3. The number of carbonyl (C=O) groups is 2. The minimum atomic E-state index is -1.23. The Kier molecular flexibility index (Phi) is 3.99. The lowest BCUT2D eigenvalue weighted by molar-refractivity contribution is -0.122. The maximum atomic E-state index is 13.3. The topological polar surface area (TPSA) is 72.6 Å². The third-order valence-electron chi connectivity index (χ3n) is 3.02. The van der Waals surface area contributed by atoms with Gasteiger partial charge in [0.25, 0.3) is 0 Å². The van der Waals surface area contributed by atoms with Crippen molar-refractivity contribution in [2.24, 2.45) is 5.73 Å². The van der Waals surface area contributed by atoms with Crippen LogP contribution in [0.15, 0.2) is 30.3 Å². The third-order valence-corrected chi connectivity index (χ3v) is 3.02. The number of carbonyl (C=O) groups excluding carboxylic acids is 2. The van der Waals surface area contributed by atoms with Gasteiger partial charge in [-0.05, 0) is 5.56 Å². The molecule has 1 fully saturated rings. The molecular formula is C13H15FN2O3. The molecule has 1 heterocycles. The van der Waals surface area contributed by atoms with E-state index < -0.39 is 24.2 Å². The molecule has 2 unspecified atom stereocenters. The molecule has 2 N–H and O–H groups in total. The van der Waals surface area contributed by atoms with E-state index in [0.717, 1.165) is 10.5 Å². The van der Waals surface area contributed by atoms with Gasteiger partial charge in [0.15, 0.2) is 0 Å². The van der Waals surface area contributed by atoms with Crippen LogP contribution in [0.5, 0.6) is 0 Å². The van der Waals surface area contributed by atoms with E-state index in [-0.39, 0.29) is 19.6 Å². The summed E-state index contributed by atoms with van der Waals surface area (Å²) in [6, 6.07) is 8.19. The molecule has 1 aromatic carbocycles. The van der Waals surface area contributed by atoms with E-state index >= 15 is 0 Å². The van der Waals surface area contributed by atoms with E-state index in [1.807, 2.05) is 18.2 Å². The van der Waals surface area contributed by atoms with Gasteiger partial charge in [-0.1, -0.05) is 30.3 Å². The van der Waals surface area contributed by atoms with Gasteiger partial charge in [-0.3, -0.25) is 9.69 Å². The summed E-state index contributed by atoms with van der Waals surface area (Å²) in [5.74, 6) is -0.711. The maximum Gasteiger partial charge on any atom is 0.410 e. The van der Waals surface area contributed by atoms with Gasteiger partial charge < -0.3 is 10.5 Å². The molecule has 0 aromatic heterocycles. The van der Waals surface area contributed by atoms with Crippen LogP contribution >= 0.6 is 0 Å². The van der Waals surface area contributed by atoms with Gasteiger partial charge in [0, 0.05) is 6.42 Å². The summed E-state index contributed by atoms with van der Waals surface area (Å²) in [4.78, 5) is 24.0. The molecule has 0 radical (unpaired) electrons. The monoisotopic (exact) mass is 266 g/mol. The lowest BCUT2D eigenvalue weighted by atomic mass is 10.2. The van der Waals surface area contributed by atoms with E-state index in [2.05, 4.69) is 0 Å². The largest absolute Gasteiger partial charge is 0.445 e. The molecule has 2 rings (SSSR count). The molecule has 0 aliphatic carbocycles. The van der Waals surface area contributed by atoms with Crippen molar-refractivity contribution in [1.29, 1.82) is 0 Å². The molecule has 6 heteroatoms. The zero-order valence-electron chi connectivity index (χ0n) is 10.3. The predicted octanol–water partition coefficient (Wildman–Crippen LogP) is 1.22. The van der Waals surface area contributed by atoms with Gasteiger partial charge in [0.2, 0.25) is 5.91 Å². The molecule has 19 heavy (non-hydrogen) atoms. The van der Waals surface area contributed by atoms with E-state index in [0.29, 0.717) is 0 Å². The highest BCUT2D eigenvalue weighted by Crippen LogP contribution is 2.21. The number of nitrogens with zero attached hydrogens (tertiary/aromatic N) is 1. The Balaban J connectivity index is 1.94. The van der Waals surface area contributed by atoms with Crippen LogP contribution in [0.25, 0.3) is 0 Å². The number of likely N-dealkylation sites (tertiary alicyclic amines) is 1. The molecule has 1 aliphatic heterocycles. The SMILES string of the molecule is NC(=O)C1CC(F)CN1C(=O)OCc1ccccc1. The number of nitrogens with two attached hydrogens (primary N) is 1. The molecule has 5 nitrogen and oxygen atoms in total. The molecule has 0 bridgehead atoms. The van der Waals surface area contributed by atoms with Gasteiger partial charge in [-0.2, -0.15) is 0 Å². The van der Waals surface area contributed by atoms with Crippen molar-refractivity contribution in [3.05, 3.63) is 35.9 Å². The summed E-state index contributed by atoms with van der Waals surface area (Å²) in [6.07, 6.45) is -2.01. The van der Waals surface area contributed by atoms with Gasteiger partial charge in [0.1, 0.15) is 18.8 Å². The van der Waals surface area contributed by atoms with E-state index in [1.165, 1.54) is 0 Å². The zero-order chi connectivity index (χ0) is 13.8. The average Bonchev–Trinajstić information content (AvgIpc) is 2.79. The number of rotatable bonds is 3. The van der Waals surface area contributed by atoms with Crippen LogP contribution in [0.2, 0.25) is 0 Å². The number of benzene rings is 1. The maximum absolute atomic E-state index is 13.3. The molecule has 1 saturated heterocycles. The standard InChI is InChI=1S/C13H15FN2O3/c14-10-6-11(12(15)17)16(7-10)13(18)19-8-9-4-2-1-3-5-9/h1-5,10-11H,6-8H2,(H2,15,17). The minimum Gasteiger partial charge on any atom is -0.445 e.